The number of nitrogens with zero attached hydrogens (tertiary/aromatic N) is 1. The van der Waals surface area contributed by atoms with Gasteiger partial charge in [-0.1, -0.05) is 51.1 Å². The van der Waals surface area contributed by atoms with Crippen molar-refractivity contribution in [1.29, 1.82) is 0 Å². The maximum Gasteiger partial charge on any atom is 0.246 e. The minimum atomic E-state index is 0.0393. The summed E-state index contributed by atoms with van der Waals surface area (Å²) in [7, 11) is 1.82. The molecule has 0 heterocycles. The fourth-order valence-corrected chi connectivity index (χ4v) is 1.73. The van der Waals surface area contributed by atoms with Gasteiger partial charge >= 0.3 is 0 Å². The van der Waals surface area contributed by atoms with Crippen molar-refractivity contribution in [1.82, 2.24) is 4.90 Å². The Balaban J connectivity index is 2.73. The molecule has 0 saturated heterocycles. The van der Waals surface area contributed by atoms with Gasteiger partial charge in [0.05, 0.1) is 0 Å². The maximum absolute atomic E-state index is 11.6. The molecule has 98 valence electrons. The first-order chi connectivity index (χ1) is 8.34. The van der Waals surface area contributed by atoms with E-state index in [1.165, 1.54) is 5.56 Å². The number of rotatable bonds is 3. The Bertz CT molecular complexity index is 423. The van der Waals surface area contributed by atoms with Gasteiger partial charge in [0.1, 0.15) is 0 Å². The molecule has 0 saturated carbocycles. The highest BCUT2D eigenvalue weighted by Crippen LogP contribution is 2.22. The summed E-state index contributed by atoms with van der Waals surface area (Å²) in [6.45, 7) is 9.09. The number of amides is 1. The standard InChI is InChI=1S/C16H23NO/c1-6-7-15(18)17(5)12-13-8-10-14(11-9-13)16(2,3)4/h6-11H,12H2,1-5H3. The zero-order valence-corrected chi connectivity index (χ0v) is 12.0. The zero-order valence-electron chi connectivity index (χ0n) is 12.0. The van der Waals surface area contributed by atoms with Crippen LogP contribution >= 0.6 is 0 Å². The average Bonchev–Trinajstić information content (AvgIpc) is 2.28. The molecule has 0 unspecified atom stereocenters. The average molecular weight is 245 g/mol. The summed E-state index contributed by atoms with van der Waals surface area (Å²) in [6.07, 6.45) is 3.35. The monoisotopic (exact) mass is 245 g/mol. The van der Waals surface area contributed by atoms with Gasteiger partial charge in [-0.3, -0.25) is 4.79 Å². The zero-order chi connectivity index (χ0) is 13.8. The highest BCUT2D eigenvalue weighted by Gasteiger charge is 2.13. The molecule has 1 rings (SSSR count). The van der Waals surface area contributed by atoms with Crippen molar-refractivity contribution >= 4 is 5.91 Å². The lowest BCUT2D eigenvalue weighted by molar-refractivity contribution is -0.125. The van der Waals surface area contributed by atoms with E-state index in [1.54, 1.807) is 17.1 Å². The number of carbonyl (C=O) groups excluding carboxylic acids is 1. The van der Waals surface area contributed by atoms with Crippen molar-refractivity contribution in [2.75, 3.05) is 7.05 Å². The minimum Gasteiger partial charge on any atom is -0.338 e. The number of allylic oxidation sites excluding steroid dienone is 1. The molecule has 0 N–H and O–H groups in total. The Morgan fingerprint density at radius 3 is 2.22 bits per heavy atom. The van der Waals surface area contributed by atoms with Crippen molar-refractivity contribution in [3.8, 4) is 0 Å². The summed E-state index contributed by atoms with van der Waals surface area (Å²) in [4.78, 5) is 13.3. The second kappa shape index (κ2) is 5.85. The molecule has 2 heteroatoms. The second-order valence-corrected chi connectivity index (χ2v) is 5.64. The summed E-state index contributed by atoms with van der Waals surface area (Å²) in [5.74, 6) is 0.0393. The van der Waals surface area contributed by atoms with Crippen molar-refractivity contribution in [2.24, 2.45) is 0 Å². The van der Waals surface area contributed by atoms with Crippen LogP contribution in [0.2, 0.25) is 0 Å². The summed E-state index contributed by atoms with van der Waals surface area (Å²) >= 11 is 0. The Morgan fingerprint density at radius 1 is 1.22 bits per heavy atom. The molecular weight excluding hydrogens is 222 g/mol. The molecule has 0 atom stereocenters. The van der Waals surface area contributed by atoms with Crippen LogP contribution in [0.4, 0.5) is 0 Å². The number of benzene rings is 1. The Morgan fingerprint density at radius 2 is 1.78 bits per heavy atom. The topological polar surface area (TPSA) is 20.3 Å². The molecule has 0 aromatic heterocycles. The molecule has 0 aliphatic rings. The smallest absolute Gasteiger partial charge is 0.246 e. The van der Waals surface area contributed by atoms with Crippen LogP contribution in [0.1, 0.15) is 38.8 Å². The fraction of sp³-hybridized carbons (Fsp3) is 0.438. The van der Waals surface area contributed by atoms with E-state index in [9.17, 15) is 4.79 Å². The quantitative estimate of drug-likeness (QED) is 0.746. The van der Waals surface area contributed by atoms with Crippen LogP contribution < -0.4 is 0 Å². The van der Waals surface area contributed by atoms with E-state index in [1.807, 2.05) is 14.0 Å². The number of likely N-dealkylation sites (N-methyl/N-ethyl adjacent to an activating group) is 1. The van der Waals surface area contributed by atoms with E-state index in [2.05, 4.69) is 45.0 Å². The van der Waals surface area contributed by atoms with Crippen molar-refractivity contribution < 1.29 is 4.79 Å². The Labute approximate surface area is 110 Å². The molecule has 0 aliphatic carbocycles. The Hall–Kier alpha value is -1.57. The van der Waals surface area contributed by atoms with Crippen LogP contribution in [-0.2, 0) is 16.8 Å². The first kappa shape index (κ1) is 14.5. The van der Waals surface area contributed by atoms with Gasteiger partial charge in [-0.05, 0) is 29.5 Å². The van der Waals surface area contributed by atoms with Crippen LogP contribution in [0.25, 0.3) is 0 Å². The summed E-state index contributed by atoms with van der Waals surface area (Å²) < 4.78 is 0. The van der Waals surface area contributed by atoms with Gasteiger partial charge in [-0.15, -0.1) is 0 Å². The van der Waals surface area contributed by atoms with Gasteiger partial charge in [-0.2, -0.15) is 0 Å². The third-order valence-corrected chi connectivity index (χ3v) is 2.93. The van der Waals surface area contributed by atoms with Crippen LogP contribution in [0.5, 0.6) is 0 Å². The fourth-order valence-electron chi connectivity index (χ4n) is 1.73. The molecule has 0 aliphatic heterocycles. The molecule has 0 fully saturated rings. The van der Waals surface area contributed by atoms with Crippen molar-refractivity contribution in [3.05, 3.63) is 47.5 Å². The van der Waals surface area contributed by atoms with Crippen LogP contribution in [-0.4, -0.2) is 17.9 Å². The van der Waals surface area contributed by atoms with E-state index in [0.29, 0.717) is 6.54 Å². The van der Waals surface area contributed by atoms with Gasteiger partial charge in [0.15, 0.2) is 0 Å². The van der Waals surface area contributed by atoms with Gasteiger partial charge in [0.2, 0.25) is 5.91 Å². The van der Waals surface area contributed by atoms with Crippen LogP contribution in [0, 0.1) is 0 Å². The summed E-state index contributed by atoms with van der Waals surface area (Å²) in [5, 5.41) is 0. The van der Waals surface area contributed by atoms with Crippen LogP contribution in [0.3, 0.4) is 0 Å². The largest absolute Gasteiger partial charge is 0.338 e. The number of hydrogen-bond donors (Lipinski definition) is 0. The third kappa shape index (κ3) is 4.02. The highest BCUT2D eigenvalue weighted by atomic mass is 16.2. The molecule has 1 aromatic carbocycles. The highest BCUT2D eigenvalue weighted by molar-refractivity contribution is 5.87. The third-order valence-electron chi connectivity index (χ3n) is 2.93. The predicted octanol–water partition coefficient (Wildman–Crippen LogP) is 3.52. The SMILES string of the molecule is CC=CC(=O)N(C)Cc1ccc(C(C)(C)C)cc1. The van der Waals surface area contributed by atoms with E-state index in [0.717, 1.165) is 5.56 Å². The van der Waals surface area contributed by atoms with E-state index in [-0.39, 0.29) is 11.3 Å². The predicted molar refractivity (Wildman–Crippen MR) is 76.4 cm³/mol. The minimum absolute atomic E-state index is 0.0393. The molecule has 0 radical (unpaired) electrons. The molecule has 0 bridgehead atoms. The van der Waals surface area contributed by atoms with Gasteiger partial charge in [-0.25, -0.2) is 0 Å². The van der Waals surface area contributed by atoms with E-state index in [4.69, 9.17) is 0 Å². The first-order valence-electron chi connectivity index (χ1n) is 6.32. The van der Waals surface area contributed by atoms with E-state index >= 15 is 0 Å². The Kier molecular flexibility index (Phi) is 4.71. The lowest BCUT2D eigenvalue weighted by Crippen LogP contribution is -2.24. The van der Waals surface area contributed by atoms with Gasteiger partial charge < -0.3 is 4.90 Å². The van der Waals surface area contributed by atoms with Crippen molar-refractivity contribution in [3.63, 3.8) is 0 Å². The second-order valence-electron chi connectivity index (χ2n) is 5.64. The number of carbonyl (C=O) groups is 1. The molecule has 1 aromatic rings. The lowest BCUT2D eigenvalue weighted by atomic mass is 9.87. The summed E-state index contributed by atoms with van der Waals surface area (Å²) in [6, 6.07) is 8.48. The molecule has 0 spiro atoms. The maximum atomic E-state index is 11.6. The van der Waals surface area contributed by atoms with Crippen molar-refractivity contribution in [2.45, 2.75) is 39.7 Å². The van der Waals surface area contributed by atoms with Gasteiger partial charge in [0, 0.05) is 13.6 Å². The lowest BCUT2D eigenvalue weighted by Gasteiger charge is -2.20. The molecule has 2 nitrogen and oxygen atoms in total. The molecular formula is C16H23NO. The summed E-state index contributed by atoms with van der Waals surface area (Å²) in [5.41, 5.74) is 2.64. The van der Waals surface area contributed by atoms with Crippen LogP contribution in [0.15, 0.2) is 36.4 Å². The molecule has 1 amide bonds. The normalized spacial score (nSPS) is 11.8. The van der Waals surface area contributed by atoms with E-state index < -0.39 is 0 Å². The molecule has 18 heavy (non-hydrogen) atoms. The van der Waals surface area contributed by atoms with Gasteiger partial charge in [0.25, 0.3) is 0 Å². The number of hydrogen-bond acceptors (Lipinski definition) is 1. The first-order valence-corrected chi connectivity index (χ1v) is 6.32.